The van der Waals surface area contributed by atoms with Crippen molar-refractivity contribution < 1.29 is 44.0 Å². The predicted octanol–water partition coefficient (Wildman–Crippen LogP) is 11.2. The molecule has 0 heterocycles. The molecule has 11 heteroatoms. The van der Waals surface area contributed by atoms with Crippen molar-refractivity contribution in [3.05, 3.63) is 128 Å². The van der Waals surface area contributed by atoms with Crippen LogP contribution in [0.2, 0.25) is 0 Å². The van der Waals surface area contributed by atoms with Crippen LogP contribution in [0.5, 0.6) is 11.5 Å². The molecule has 4 aromatic carbocycles. The van der Waals surface area contributed by atoms with Crippen LogP contribution in [-0.2, 0) is 20.4 Å². The van der Waals surface area contributed by atoms with Gasteiger partial charge in [0.05, 0.1) is 18.8 Å². The zero-order chi connectivity index (χ0) is 53.1. The molecule has 4 aromatic rings. The normalized spacial score (nSPS) is 12.8. The van der Waals surface area contributed by atoms with Crippen molar-refractivity contribution in [3.8, 4) is 11.5 Å². The van der Waals surface area contributed by atoms with Gasteiger partial charge in [-0.15, -0.1) is 0 Å². The van der Waals surface area contributed by atoms with Gasteiger partial charge in [-0.3, -0.25) is 19.2 Å². The SMILES string of the molecule is CCC(CC)(c1ccc(OC[C@@H](O)C(C)(C)C)c(C)c1)c1ccc(C(=O)N(C)CC(C)=O)c(C)c1.CCC(CC)(c1ccc(OC[C@H](O)C(C)(C)C)c(C)c1)c1ccc(C(=O)N(C)CC(=O)O)c(C)c1. The molecule has 0 spiro atoms. The van der Waals surface area contributed by atoms with Gasteiger partial charge in [-0.05, 0) is 140 Å². The second-order valence-corrected chi connectivity index (χ2v) is 21.4. The molecule has 0 aromatic heterocycles. The number of rotatable bonds is 20. The van der Waals surface area contributed by atoms with Crippen molar-refractivity contribution in [1.29, 1.82) is 0 Å². The van der Waals surface area contributed by atoms with Crippen molar-refractivity contribution in [1.82, 2.24) is 9.80 Å². The van der Waals surface area contributed by atoms with Crippen molar-refractivity contribution >= 4 is 23.6 Å². The molecule has 0 radical (unpaired) electrons. The summed E-state index contributed by atoms with van der Waals surface area (Å²) in [5.74, 6) is 0.0200. The standard InChI is InChI=1S/C30H43NO4.C29H41NO5/c1-10-30(11-2,23-12-14-25(20(3)16-23)28(34)31(9)18-22(5)32)24-13-15-26(21(4)17-24)35-19-27(33)29(6,7)8;1-9-29(10-2,21-11-13-23(19(3)15-21)27(34)30(8)17-26(32)33)22-12-14-24(20(4)16-22)35-18-25(31)28(5,6)7/h12-17,27,33H,10-11,18-19H2,1-9H3;11-16,25,31H,9-10,17-18H2,1-8H3,(H,32,33)/t27-;25-/m10/s1. The number of nitrogens with zero attached hydrogens (tertiary/aromatic N) is 2. The quantitative estimate of drug-likeness (QED) is 0.0785. The van der Waals surface area contributed by atoms with E-state index in [4.69, 9.17) is 14.6 Å². The van der Waals surface area contributed by atoms with E-state index in [0.717, 1.165) is 65.0 Å². The molecule has 3 N–H and O–H groups in total. The zero-order valence-corrected chi connectivity index (χ0v) is 45.4. The van der Waals surface area contributed by atoms with Crippen LogP contribution >= 0.6 is 0 Å². The number of carbonyl (C=O) groups excluding carboxylic acids is 3. The lowest BCUT2D eigenvalue weighted by molar-refractivity contribution is -0.137. The Labute approximate surface area is 419 Å². The fourth-order valence-corrected chi connectivity index (χ4v) is 9.02. The van der Waals surface area contributed by atoms with Crippen LogP contribution in [0, 0.1) is 38.5 Å². The Morgan fingerprint density at radius 2 is 0.814 bits per heavy atom. The Morgan fingerprint density at radius 1 is 0.514 bits per heavy atom. The first-order valence-corrected chi connectivity index (χ1v) is 24.8. The number of ether oxygens (including phenoxy) is 2. The first-order valence-electron chi connectivity index (χ1n) is 24.8. The van der Waals surface area contributed by atoms with Crippen LogP contribution in [0.1, 0.15) is 167 Å². The number of aliphatic hydroxyl groups is 2. The first kappa shape index (κ1) is 58.8. The number of likely N-dealkylation sites (N-methyl/N-ethyl adjacent to an activating group) is 2. The Kier molecular flexibility index (Phi) is 20.6. The number of carbonyl (C=O) groups is 4. The number of hydrogen-bond donors (Lipinski definition) is 3. The lowest BCUT2D eigenvalue weighted by atomic mass is 9.70. The van der Waals surface area contributed by atoms with Gasteiger partial charge >= 0.3 is 5.97 Å². The van der Waals surface area contributed by atoms with Crippen LogP contribution in [-0.4, -0.2) is 101 Å². The highest BCUT2D eigenvalue weighted by molar-refractivity contribution is 5.98. The molecule has 2 atom stereocenters. The third-order valence-corrected chi connectivity index (χ3v) is 14.2. The number of benzene rings is 4. The van der Waals surface area contributed by atoms with Gasteiger partial charge in [-0.25, -0.2) is 0 Å². The number of carboxylic acids is 1. The summed E-state index contributed by atoms with van der Waals surface area (Å²) in [6.07, 6.45) is 2.44. The van der Waals surface area contributed by atoms with E-state index < -0.39 is 18.2 Å². The fraction of sp³-hybridized carbons (Fsp3) is 0.525. The van der Waals surface area contributed by atoms with Crippen molar-refractivity contribution in [2.45, 2.75) is 153 Å². The van der Waals surface area contributed by atoms with E-state index in [9.17, 15) is 29.4 Å². The molecule has 0 aliphatic heterocycles. The number of aliphatic hydroxyl groups excluding tert-OH is 2. The number of hydrogen-bond acceptors (Lipinski definition) is 8. The Balaban J connectivity index is 0.000000370. The van der Waals surface area contributed by atoms with E-state index in [1.54, 1.807) is 7.05 Å². The predicted molar refractivity (Wildman–Crippen MR) is 282 cm³/mol. The van der Waals surface area contributed by atoms with Crippen LogP contribution in [0.15, 0.2) is 72.8 Å². The Hall–Kier alpha value is -5.52. The highest BCUT2D eigenvalue weighted by Gasteiger charge is 2.34. The van der Waals surface area contributed by atoms with Crippen molar-refractivity contribution in [2.24, 2.45) is 10.8 Å². The third kappa shape index (κ3) is 14.3. The first-order chi connectivity index (χ1) is 32.5. The molecule has 0 fully saturated rings. The van der Waals surface area contributed by atoms with Crippen LogP contribution in [0.4, 0.5) is 0 Å². The van der Waals surface area contributed by atoms with Crippen molar-refractivity contribution in [3.63, 3.8) is 0 Å². The number of ketones is 1. The van der Waals surface area contributed by atoms with E-state index in [0.29, 0.717) is 11.1 Å². The monoisotopic (exact) mass is 965 g/mol. The van der Waals surface area contributed by atoms with Gasteiger partial charge in [0.15, 0.2) is 0 Å². The molecule has 2 amide bonds. The minimum absolute atomic E-state index is 0.0400. The number of amides is 2. The number of carboxylic acid groups (broad SMARTS) is 1. The molecule has 70 heavy (non-hydrogen) atoms. The van der Waals surface area contributed by atoms with Gasteiger partial charge in [0.2, 0.25) is 0 Å². The smallest absolute Gasteiger partial charge is 0.323 e. The van der Waals surface area contributed by atoms with Crippen LogP contribution < -0.4 is 9.47 Å². The Morgan fingerprint density at radius 3 is 1.07 bits per heavy atom. The molecule has 0 saturated heterocycles. The van der Waals surface area contributed by atoms with E-state index >= 15 is 0 Å². The van der Waals surface area contributed by atoms with Gasteiger partial charge in [0.25, 0.3) is 11.8 Å². The van der Waals surface area contributed by atoms with Gasteiger partial charge in [0.1, 0.15) is 37.0 Å². The van der Waals surface area contributed by atoms with E-state index in [2.05, 4.69) is 58.0 Å². The van der Waals surface area contributed by atoms with Crippen LogP contribution in [0.3, 0.4) is 0 Å². The summed E-state index contributed by atoms with van der Waals surface area (Å²) >= 11 is 0. The molecular weight excluding hydrogens is 881 g/mol. The maximum Gasteiger partial charge on any atom is 0.323 e. The van der Waals surface area contributed by atoms with Gasteiger partial charge < -0.3 is 34.6 Å². The molecule has 11 nitrogen and oxygen atoms in total. The van der Waals surface area contributed by atoms with E-state index in [1.165, 1.54) is 40.5 Å². The number of aliphatic carboxylic acids is 1. The maximum absolute atomic E-state index is 12.9. The summed E-state index contributed by atoms with van der Waals surface area (Å²) in [7, 11) is 3.16. The van der Waals surface area contributed by atoms with Gasteiger partial charge in [0, 0.05) is 36.1 Å². The third-order valence-electron chi connectivity index (χ3n) is 14.2. The van der Waals surface area contributed by atoms with Crippen LogP contribution in [0.25, 0.3) is 0 Å². The molecule has 0 saturated carbocycles. The summed E-state index contributed by atoms with van der Waals surface area (Å²) in [6, 6.07) is 24.4. The summed E-state index contributed by atoms with van der Waals surface area (Å²) < 4.78 is 11.9. The maximum atomic E-state index is 12.9. The summed E-state index contributed by atoms with van der Waals surface area (Å²) in [6.45, 7) is 30.3. The van der Waals surface area contributed by atoms with E-state index in [-0.39, 0.29) is 65.6 Å². The second kappa shape index (κ2) is 24.5. The van der Waals surface area contributed by atoms with E-state index in [1.807, 2.05) is 112 Å². The minimum atomic E-state index is -1.04. The molecule has 4 rings (SSSR count). The summed E-state index contributed by atoms with van der Waals surface area (Å²) in [4.78, 5) is 50.8. The zero-order valence-electron chi connectivity index (χ0n) is 45.4. The second-order valence-electron chi connectivity index (χ2n) is 21.4. The molecule has 0 unspecified atom stereocenters. The number of Topliss-reactive ketones (excluding diaryl/α,β-unsaturated/α-hetero) is 1. The average Bonchev–Trinajstić information content (AvgIpc) is 3.28. The van der Waals surface area contributed by atoms with Gasteiger partial charge in [-0.1, -0.05) is 118 Å². The number of aryl methyl sites for hydroxylation is 4. The highest BCUT2D eigenvalue weighted by Crippen LogP contribution is 2.43. The molecule has 0 aliphatic carbocycles. The molecule has 384 valence electrons. The lowest BCUT2D eigenvalue weighted by Crippen LogP contribution is -2.32. The van der Waals surface area contributed by atoms with Gasteiger partial charge in [-0.2, -0.15) is 0 Å². The fourth-order valence-electron chi connectivity index (χ4n) is 9.02. The molecular formula is C59H84N2O9. The lowest BCUT2D eigenvalue weighted by Gasteiger charge is -2.34. The topological polar surface area (TPSA) is 154 Å². The molecule has 0 bridgehead atoms. The summed E-state index contributed by atoms with van der Waals surface area (Å²) in [5, 5.41) is 29.7. The molecule has 0 aliphatic rings. The highest BCUT2D eigenvalue weighted by atomic mass is 16.5. The minimum Gasteiger partial charge on any atom is -0.491 e. The largest absolute Gasteiger partial charge is 0.491 e. The Bertz CT molecular complexity index is 2270. The summed E-state index contributed by atoms with van der Waals surface area (Å²) in [5.41, 5.74) is 8.63. The average molecular weight is 965 g/mol. The van der Waals surface area contributed by atoms with Crippen molar-refractivity contribution in [2.75, 3.05) is 40.4 Å².